The Labute approximate surface area is 145 Å². The number of nitrogens with one attached hydrogen (secondary N) is 1. The van der Waals surface area contributed by atoms with Crippen molar-refractivity contribution in [1.29, 1.82) is 0 Å². The number of fused-ring (bicyclic) bond motifs is 1. The fourth-order valence-electron chi connectivity index (χ4n) is 2.42. The van der Waals surface area contributed by atoms with E-state index in [2.05, 4.69) is 19.9 Å². The molecule has 5 nitrogen and oxygen atoms in total. The highest BCUT2D eigenvalue weighted by molar-refractivity contribution is 7.82. The van der Waals surface area contributed by atoms with E-state index in [9.17, 15) is 9.00 Å². The second-order valence-corrected chi connectivity index (χ2v) is 7.83. The Morgan fingerprint density at radius 1 is 1.21 bits per heavy atom. The zero-order valence-electron chi connectivity index (χ0n) is 14.3. The second-order valence-electron chi connectivity index (χ2n) is 6.34. The first kappa shape index (κ1) is 18.6. The van der Waals surface area contributed by atoms with Gasteiger partial charge >= 0.3 is 0 Å². The Morgan fingerprint density at radius 2 is 1.88 bits per heavy atom. The first-order valence-electron chi connectivity index (χ1n) is 8.01. The number of aryl methyl sites for hydroxylation is 1. The van der Waals surface area contributed by atoms with Crippen molar-refractivity contribution in [2.45, 2.75) is 32.1 Å². The molecule has 24 heavy (non-hydrogen) atoms. The Balaban J connectivity index is 2.26. The van der Waals surface area contributed by atoms with Gasteiger partial charge in [-0.2, -0.15) is 0 Å². The molecule has 2 aromatic rings. The molecule has 130 valence electrons. The lowest BCUT2D eigenvalue weighted by Gasteiger charge is -2.21. The van der Waals surface area contributed by atoms with Crippen molar-refractivity contribution in [3.8, 4) is 0 Å². The lowest BCUT2D eigenvalue weighted by molar-refractivity contribution is -0.129. The predicted octanol–water partition coefficient (Wildman–Crippen LogP) is 3.02. The molecule has 2 rings (SSSR count). The molecule has 0 saturated heterocycles. The minimum absolute atomic E-state index is 0.109. The van der Waals surface area contributed by atoms with Crippen LogP contribution >= 0.6 is 0 Å². The molecule has 1 amide bonds. The zero-order chi connectivity index (χ0) is 17.7. The van der Waals surface area contributed by atoms with Gasteiger partial charge in [-0.25, -0.2) is 14.0 Å². The summed E-state index contributed by atoms with van der Waals surface area (Å²) in [5, 5.41) is 10.9. The molecule has 0 aliphatic heterocycles. The second kappa shape index (κ2) is 8.37. The van der Waals surface area contributed by atoms with E-state index in [-0.39, 0.29) is 6.54 Å². The molecule has 0 radical (unpaired) electrons. The van der Waals surface area contributed by atoms with Gasteiger partial charge in [-0.3, -0.25) is 10.0 Å². The summed E-state index contributed by atoms with van der Waals surface area (Å²) in [7, 11) is -1.46. The van der Waals surface area contributed by atoms with Gasteiger partial charge in [0.05, 0.1) is 11.4 Å². The number of carbonyl (C=O) groups is 1. The third kappa shape index (κ3) is 4.87. The van der Waals surface area contributed by atoms with E-state index in [0.29, 0.717) is 17.4 Å². The van der Waals surface area contributed by atoms with Crippen molar-refractivity contribution in [3.05, 3.63) is 42.0 Å². The number of hydroxylamine groups is 1. The molecule has 0 fully saturated rings. The number of carbonyl (C=O) groups excluding carboxylic acids is 1. The molecule has 6 heteroatoms. The Bertz CT molecular complexity index is 746. The van der Waals surface area contributed by atoms with E-state index in [1.54, 1.807) is 9.79 Å². The van der Waals surface area contributed by atoms with Crippen LogP contribution in [0.15, 0.2) is 41.3 Å². The highest BCUT2D eigenvalue weighted by atomic mass is 32.2. The number of nitrogens with zero attached hydrogens (tertiary/aromatic N) is 1. The average Bonchev–Trinajstić information content (AvgIpc) is 2.57. The van der Waals surface area contributed by atoms with Crippen molar-refractivity contribution < 1.29 is 14.2 Å². The van der Waals surface area contributed by atoms with Crippen LogP contribution in [0, 0.1) is 12.8 Å². The third-order valence-corrected chi connectivity index (χ3v) is 5.24. The van der Waals surface area contributed by atoms with E-state index in [1.807, 2.05) is 37.3 Å². The van der Waals surface area contributed by atoms with E-state index < -0.39 is 16.9 Å². The maximum Gasteiger partial charge on any atom is 0.258 e. The Morgan fingerprint density at radius 3 is 2.54 bits per heavy atom. The molecule has 0 saturated carbocycles. The number of benzene rings is 2. The van der Waals surface area contributed by atoms with Gasteiger partial charge in [0, 0.05) is 6.54 Å². The fourth-order valence-corrected chi connectivity index (χ4v) is 3.64. The van der Waals surface area contributed by atoms with Crippen LogP contribution in [-0.2, 0) is 15.8 Å². The standard InChI is InChI=1S/C18H24N2O3S/c1-13(2)8-9-20(12-18(21)19-22)24(23)17-7-6-15-10-14(3)4-5-16(15)11-17/h4-7,10-11,13,22H,8-9,12H2,1-3H3,(H,19,21). The fraction of sp³-hybridized carbons (Fsp3) is 0.389. The van der Waals surface area contributed by atoms with Crippen molar-refractivity contribution in [1.82, 2.24) is 9.79 Å². The summed E-state index contributed by atoms with van der Waals surface area (Å²) in [4.78, 5) is 12.2. The van der Waals surface area contributed by atoms with Gasteiger partial charge in [-0.05, 0) is 42.2 Å². The van der Waals surface area contributed by atoms with Gasteiger partial charge in [0.15, 0.2) is 0 Å². The lowest BCUT2D eigenvalue weighted by atomic mass is 10.1. The maximum atomic E-state index is 12.9. The van der Waals surface area contributed by atoms with Crippen LogP contribution in [0.4, 0.5) is 0 Å². The molecule has 0 aliphatic carbocycles. The molecule has 0 spiro atoms. The number of hydrogen-bond acceptors (Lipinski definition) is 3. The smallest absolute Gasteiger partial charge is 0.258 e. The van der Waals surface area contributed by atoms with Crippen LogP contribution in [0.25, 0.3) is 10.8 Å². The summed E-state index contributed by atoms with van der Waals surface area (Å²) < 4.78 is 14.5. The maximum absolute atomic E-state index is 12.9. The van der Waals surface area contributed by atoms with Crippen LogP contribution in [0.2, 0.25) is 0 Å². The van der Waals surface area contributed by atoms with Gasteiger partial charge in [0.25, 0.3) is 5.91 Å². The third-order valence-electron chi connectivity index (χ3n) is 3.80. The van der Waals surface area contributed by atoms with Crippen molar-refractivity contribution in [2.75, 3.05) is 13.1 Å². The molecule has 0 bridgehead atoms. The summed E-state index contributed by atoms with van der Waals surface area (Å²) in [5.41, 5.74) is 2.79. The van der Waals surface area contributed by atoms with E-state index >= 15 is 0 Å². The normalized spacial score (nSPS) is 12.8. The summed E-state index contributed by atoms with van der Waals surface area (Å²) in [6, 6.07) is 11.8. The van der Waals surface area contributed by atoms with Crippen molar-refractivity contribution in [2.24, 2.45) is 5.92 Å². The zero-order valence-corrected chi connectivity index (χ0v) is 15.1. The largest absolute Gasteiger partial charge is 0.289 e. The highest BCUT2D eigenvalue weighted by Gasteiger charge is 2.19. The molecule has 2 aromatic carbocycles. The molecule has 2 N–H and O–H groups in total. The summed E-state index contributed by atoms with van der Waals surface area (Å²) >= 11 is 0. The molecule has 0 heterocycles. The van der Waals surface area contributed by atoms with Gasteiger partial charge in [-0.1, -0.05) is 43.7 Å². The SMILES string of the molecule is Cc1ccc2cc(S(=O)N(CCC(C)C)CC(=O)NO)ccc2c1. The lowest BCUT2D eigenvalue weighted by Crippen LogP contribution is -2.38. The van der Waals surface area contributed by atoms with Crippen LogP contribution in [-0.4, -0.2) is 32.7 Å². The average molecular weight is 348 g/mol. The first-order chi connectivity index (χ1) is 11.4. The first-order valence-corrected chi connectivity index (χ1v) is 9.11. The van der Waals surface area contributed by atoms with Gasteiger partial charge in [-0.15, -0.1) is 0 Å². The van der Waals surface area contributed by atoms with Crippen LogP contribution in [0.1, 0.15) is 25.8 Å². The van der Waals surface area contributed by atoms with Crippen molar-refractivity contribution in [3.63, 3.8) is 0 Å². The van der Waals surface area contributed by atoms with E-state index in [4.69, 9.17) is 5.21 Å². The Kier molecular flexibility index (Phi) is 6.48. The molecule has 0 aliphatic rings. The molecular formula is C18H24N2O3S. The van der Waals surface area contributed by atoms with E-state index in [1.165, 1.54) is 5.56 Å². The van der Waals surface area contributed by atoms with E-state index in [0.717, 1.165) is 17.2 Å². The van der Waals surface area contributed by atoms with Crippen molar-refractivity contribution >= 4 is 27.7 Å². The molecular weight excluding hydrogens is 324 g/mol. The molecule has 1 atom stereocenters. The summed E-state index contributed by atoms with van der Waals surface area (Å²) in [6.07, 6.45) is 0.817. The van der Waals surface area contributed by atoms with Gasteiger partial charge in [0.1, 0.15) is 11.0 Å². The molecule has 1 unspecified atom stereocenters. The van der Waals surface area contributed by atoms with Gasteiger partial charge in [0.2, 0.25) is 0 Å². The Hall–Kier alpha value is -1.76. The quantitative estimate of drug-likeness (QED) is 0.597. The number of rotatable bonds is 7. The highest BCUT2D eigenvalue weighted by Crippen LogP contribution is 2.21. The van der Waals surface area contributed by atoms with Crippen LogP contribution in [0.3, 0.4) is 0 Å². The monoisotopic (exact) mass is 348 g/mol. The minimum atomic E-state index is -1.46. The summed E-state index contributed by atoms with van der Waals surface area (Å²) in [5.74, 6) is -0.134. The predicted molar refractivity (Wildman–Crippen MR) is 96.1 cm³/mol. The topological polar surface area (TPSA) is 69.6 Å². The van der Waals surface area contributed by atoms with Crippen LogP contribution < -0.4 is 5.48 Å². The minimum Gasteiger partial charge on any atom is -0.289 e. The molecule has 0 aromatic heterocycles. The van der Waals surface area contributed by atoms with Gasteiger partial charge < -0.3 is 0 Å². The summed E-state index contributed by atoms with van der Waals surface area (Å²) in [6.45, 7) is 6.59. The van der Waals surface area contributed by atoms with Crippen LogP contribution in [0.5, 0.6) is 0 Å². The number of amides is 1. The number of hydrogen-bond donors (Lipinski definition) is 2.